The Labute approximate surface area is 187 Å². The Bertz CT molecular complexity index is 1120. The summed E-state index contributed by atoms with van der Waals surface area (Å²) in [7, 11) is -3.35. The molecule has 3 aromatic rings. The van der Waals surface area contributed by atoms with Crippen molar-refractivity contribution in [2.75, 3.05) is 19.3 Å². The van der Waals surface area contributed by atoms with Gasteiger partial charge >= 0.3 is 0 Å². The molecule has 1 N–H and O–H groups in total. The molecule has 1 aromatic carbocycles. The average molecular weight is 461 g/mol. The van der Waals surface area contributed by atoms with E-state index in [0.29, 0.717) is 5.82 Å². The number of hydrogen-bond donors (Lipinski definition) is 1. The van der Waals surface area contributed by atoms with E-state index in [4.69, 9.17) is 0 Å². The van der Waals surface area contributed by atoms with Crippen LogP contribution in [0.2, 0.25) is 0 Å². The van der Waals surface area contributed by atoms with Crippen LogP contribution in [0.4, 0.5) is 0 Å². The van der Waals surface area contributed by atoms with Gasteiger partial charge in [0, 0.05) is 49.2 Å². The number of fused-ring (bicyclic) bond motifs is 1. The highest BCUT2D eigenvalue weighted by Gasteiger charge is 2.28. The maximum atomic E-state index is 11.9. The molecule has 1 aliphatic rings. The molecule has 10 heteroatoms. The van der Waals surface area contributed by atoms with Crippen molar-refractivity contribution in [1.29, 1.82) is 0 Å². The SMILES string of the molecule is CC(C)[C@@H](NS(C)(=O)=O)c1nnc2n1CCN(Cc1cnc(-c3ccccc3)s1)CC2. The van der Waals surface area contributed by atoms with Crippen molar-refractivity contribution in [3.63, 3.8) is 0 Å². The van der Waals surface area contributed by atoms with Gasteiger partial charge in [0.1, 0.15) is 10.8 Å². The van der Waals surface area contributed by atoms with E-state index in [2.05, 4.69) is 41.5 Å². The second-order valence-electron chi connectivity index (χ2n) is 8.26. The quantitative estimate of drug-likeness (QED) is 0.583. The lowest BCUT2D eigenvalue weighted by Gasteiger charge is -2.22. The largest absolute Gasteiger partial charge is 0.312 e. The Morgan fingerprint density at radius 3 is 2.61 bits per heavy atom. The standard InChI is InChI=1S/C21H28N6O2S2/c1-15(2)19(25-31(3,28)29)20-24-23-18-9-10-26(11-12-27(18)20)14-17-13-22-21(30-17)16-7-5-4-6-8-16/h4-8,13,15,19,25H,9-12,14H2,1-3H3/t19-/m1/s1. The number of rotatable bonds is 7. The Morgan fingerprint density at radius 1 is 1.13 bits per heavy atom. The smallest absolute Gasteiger partial charge is 0.209 e. The van der Waals surface area contributed by atoms with Gasteiger partial charge in [0.05, 0.1) is 12.3 Å². The highest BCUT2D eigenvalue weighted by molar-refractivity contribution is 7.88. The van der Waals surface area contributed by atoms with Gasteiger partial charge in [-0.2, -0.15) is 0 Å². The van der Waals surface area contributed by atoms with Gasteiger partial charge in [-0.1, -0.05) is 44.2 Å². The molecule has 166 valence electrons. The molecule has 2 aromatic heterocycles. The van der Waals surface area contributed by atoms with Gasteiger partial charge in [-0.3, -0.25) is 4.90 Å². The fourth-order valence-corrected chi connectivity index (χ4v) is 5.61. The predicted molar refractivity (Wildman–Crippen MR) is 122 cm³/mol. The first-order valence-electron chi connectivity index (χ1n) is 10.4. The van der Waals surface area contributed by atoms with Crippen LogP contribution in [0, 0.1) is 5.92 Å². The summed E-state index contributed by atoms with van der Waals surface area (Å²) in [6.45, 7) is 7.27. The summed E-state index contributed by atoms with van der Waals surface area (Å²) in [6, 6.07) is 9.84. The number of sulfonamides is 1. The fourth-order valence-electron chi connectivity index (χ4n) is 3.81. The van der Waals surface area contributed by atoms with Crippen LogP contribution in [0.25, 0.3) is 10.6 Å². The lowest BCUT2D eigenvalue weighted by Crippen LogP contribution is -2.33. The second-order valence-corrected chi connectivity index (χ2v) is 11.2. The number of nitrogens with one attached hydrogen (secondary N) is 1. The topological polar surface area (TPSA) is 93.0 Å². The van der Waals surface area contributed by atoms with Gasteiger partial charge < -0.3 is 4.57 Å². The number of thiazole rings is 1. The highest BCUT2D eigenvalue weighted by atomic mass is 32.2. The minimum atomic E-state index is -3.35. The maximum absolute atomic E-state index is 11.9. The molecule has 1 atom stereocenters. The van der Waals surface area contributed by atoms with E-state index in [1.54, 1.807) is 11.3 Å². The molecular formula is C21H28N6O2S2. The molecule has 0 radical (unpaired) electrons. The third-order valence-electron chi connectivity index (χ3n) is 5.39. The first-order valence-corrected chi connectivity index (χ1v) is 13.1. The Balaban J connectivity index is 1.46. The van der Waals surface area contributed by atoms with Crippen molar-refractivity contribution in [3.8, 4) is 10.6 Å². The van der Waals surface area contributed by atoms with Crippen LogP contribution in [0.3, 0.4) is 0 Å². The van der Waals surface area contributed by atoms with Crippen LogP contribution in [0.15, 0.2) is 36.5 Å². The normalized spacial score (nSPS) is 16.3. The van der Waals surface area contributed by atoms with Crippen molar-refractivity contribution in [2.45, 2.75) is 39.4 Å². The van der Waals surface area contributed by atoms with Gasteiger partial charge in [0.25, 0.3) is 0 Å². The zero-order valence-corrected chi connectivity index (χ0v) is 19.7. The molecule has 0 amide bonds. The number of hydrogen-bond acceptors (Lipinski definition) is 7. The first-order chi connectivity index (χ1) is 14.8. The number of benzene rings is 1. The van der Waals surface area contributed by atoms with E-state index in [1.807, 2.05) is 38.2 Å². The highest BCUT2D eigenvalue weighted by Crippen LogP contribution is 2.27. The molecule has 0 aliphatic carbocycles. The number of nitrogens with zero attached hydrogens (tertiary/aromatic N) is 5. The van der Waals surface area contributed by atoms with Crippen LogP contribution >= 0.6 is 11.3 Å². The lowest BCUT2D eigenvalue weighted by molar-refractivity contribution is 0.271. The second kappa shape index (κ2) is 9.15. The average Bonchev–Trinajstić information content (AvgIpc) is 3.30. The fraction of sp³-hybridized carbons (Fsp3) is 0.476. The predicted octanol–water partition coefficient (Wildman–Crippen LogP) is 2.71. The van der Waals surface area contributed by atoms with Gasteiger partial charge in [0.2, 0.25) is 10.0 Å². The van der Waals surface area contributed by atoms with Gasteiger partial charge in [-0.25, -0.2) is 18.1 Å². The van der Waals surface area contributed by atoms with Crippen LogP contribution in [0.5, 0.6) is 0 Å². The molecule has 4 rings (SSSR count). The zero-order valence-electron chi connectivity index (χ0n) is 18.0. The minimum Gasteiger partial charge on any atom is -0.312 e. The molecule has 0 unspecified atom stereocenters. The Kier molecular flexibility index (Phi) is 6.52. The Morgan fingerprint density at radius 2 is 1.90 bits per heavy atom. The van der Waals surface area contributed by atoms with E-state index in [0.717, 1.165) is 49.0 Å². The van der Waals surface area contributed by atoms with Crippen molar-refractivity contribution in [2.24, 2.45) is 5.92 Å². The molecule has 0 saturated heterocycles. The van der Waals surface area contributed by atoms with Gasteiger partial charge in [-0.05, 0) is 5.92 Å². The number of aromatic nitrogens is 4. The van der Waals surface area contributed by atoms with Gasteiger partial charge in [0.15, 0.2) is 5.82 Å². The lowest BCUT2D eigenvalue weighted by atomic mass is 10.1. The monoisotopic (exact) mass is 460 g/mol. The van der Waals surface area contributed by atoms with Crippen LogP contribution in [-0.2, 0) is 29.5 Å². The summed E-state index contributed by atoms with van der Waals surface area (Å²) >= 11 is 1.73. The molecule has 1 aliphatic heterocycles. The minimum absolute atomic E-state index is 0.0657. The molecule has 8 nitrogen and oxygen atoms in total. The van der Waals surface area contributed by atoms with Crippen molar-refractivity contribution >= 4 is 21.4 Å². The van der Waals surface area contributed by atoms with E-state index >= 15 is 0 Å². The van der Waals surface area contributed by atoms with Crippen LogP contribution in [0.1, 0.15) is 36.4 Å². The maximum Gasteiger partial charge on any atom is 0.209 e. The summed E-state index contributed by atoms with van der Waals surface area (Å²) in [5.74, 6) is 1.67. The molecule has 31 heavy (non-hydrogen) atoms. The summed E-state index contributed by atoms with van der Waals surface area (Å²) in [4.78, 5) is 8.22. The first kappa shape index (κ1) is 22.1. The molecular weight excluding hydrogens is 432 g/mol. The summed E-state index contributed by atoms with van der Waals surface area (Å²) in [5.41, 5.74) is 1.14. The van der Waals surface area contributed by atoms with E-state index < -0.39 is 16.1 Å². The van der Waals surface area contributed by atoms with Crippen LogP contribution in [-0.4, -0.2) is 52.4 Å². The zero-order chi connectivity index (χ0) is 22.0. The molecule has 3 heterocycles. The molecule has 0 spiro atoms. The molecule has 0 saturated carbocycles. The summed E-state index contributed by atoms with van der Waals surface area (Å²) in [6.07, 6.45) is 3.93. The third-order valence-corrected chi connectivity index (χ3v) is 7.10. The van der Waals surface area contributed by atoms with Crippen molar-refractivity contribution in [1.82, 2.24) is 29.4 Å². The molecule has 0 fully saturated rings. The third kappa shape index (κ3) is 5.38. The van der Waals surface area contributed by atoms with Crippen molar-refractivity contribution in [3.05, 3.63) is 53.1 Å². The summed E-state index contributed by atoms with van der Waals surface area (Å²) < 4.78 is 28.5. The van der Waals surface area contributed by atoms with Crippen molar-refractivity contribution < 1.29 is 8.42 Å². The van der Waals surface area contributed by atoms with E-state index in [1.165, 1.54) is 11.1 Å². The molecule has 0 bridgehead atoms. The van der Waals surface area contributed by atoms with E-state index in [-0.39, 0.29) is 5.92 Å². The summed E-state index contributed by atoms with van der Waals surface area (Å²) in [5, 5.41) is 9.77. The van der Waals surface area contributed by atoms with Crippen LogP contribution < -0.4 is 4.72 Å². The van der Waals surface area contributed by atoms with E-state index in [9.17, 15) is 8.42 Å². The Hall–Kier alpha value is -2.14. The van der Waals surface area contributed by atoms with Gasteiger partial charge in [-0.15, -0.1) is 21.5 Å².